The van der Waals surface area contributed by atoms with Crippen molar-refractivity contribution in [3.8, 4) is 0 Å². The summed E-state index contributed by atoms with van der Waals surface area (Å²) >= 11 is 0. The zero-order valence-electron chi connectivity index (χ0n) is 10.5. The first-order chi connectivity index (χ1) is 8.82. The minimum absolute atomic E-state index is 0. The molecule has 0 aromatic heterocycles. The van der Waals surface area contributed by atoms with Crippen LogP contribution >= 0.6 is 12.4 Å². The van der Waals surface area contributed by atoms with Gasteiger partial charge in [-0.3, -0.25) is 4.79 Å². The number of alkyl halides is 3. The Kier molecular flexibility index (Phi) is 4.99. The van der Waals surface area contributed by atoms with Crippen LogP contribution in [0, 0.1) is 5.82 Å². The summed E-state index contributed by atoms with van der Waals surface area (Å²) in [5.74, 6) is -2.26. The van der Waals surface area contributed by atoms with Gasteiger partial charge in [0.05, 0.1) is 17.2 Å². The minimum Gasteiger partial charge on any atom is -0.336 e. The Labute approximate surface area is 119 Å². The third kappa shape index (κ3) is 3.04. The van der Waals surface area contributed by atoms with E-state index in [4.69, 9.17) is 0 Å². The van der Waals surface area contributed by atoms with Crippen LogP contribution in [0.1, 0.15) is 15.9 Å². The molecule has 0 spiro atoms. The smallest absolute Gasteiger partial charge is 0.336 e. The first kappa shape index (κ1) is 16.7. The number of carbonyl (C=O) groups is 1. The lowest BCUT2D eigenvalue weighted by Crippen LogP contribution is -2.57. The number of halogens is 5. The van der Waals surface area contributed by atoms with Crippen LogP contribution in [-0.2, 0) is 6.18 Å². The Morgan fingerprint density at radius 3 is 2.40 bits per heavy atom. The van der Waals surface area contributed by atoms with Gasteiger partial charge in [0.2, 0.25) is 0 Å². The summed E-state index contributed by atoms with van der Waals surface area (Å²) in [6.45, 7) is 1.12. The van der Waals surface area contributed by atoms with Crippen LogP contribution in [0.2, 0.25) is 0 Å². The molecule has 0 saturated carbocycles. The summed E-state index contributed by atoms with van der Waals surface area (Å²) in [7, 11) is 1.45. The normalized spacial score (nSPS) is 15.2. The summed E-state index contributed by atoms with van der Waals surface area (Å²) in [4.78, 5) is 13.2. The van der Waals surface area contributed by atoms with E-state index in [0.29, 0.717) is 19.2 Å². The van der Waals surface area contributed by atoms with Crippen LogP contribution in [0.5, 0.6) is 0 Å². The SMILES string of the molecule is CN(C(=O)c1cccc(C(F)(F)F)c1F)C1CNC1.Cl. The standard InChI is InChI=1S/C12H12F4N2O.ClH/c1-18(7-5-17-6-7)11(19)8-3-2-4-9(10(8)13)12(14,15)16;/h2-4,7,17H,5-6H2,1H3;1H. The maximum atomic E-state index is 13.8. The van der Waals surface area contributed by atoms with Gasteiger partial charge in [-0.15, -0.1) is 12.4 Å². The van der Waals surface area contributed by atoms with Gasteiger partial charge in [0, 0.05) is 20.1 Å². The molecule has 2 rings (SSSR count). The van der Waals surface area contributed by atoms with Gasteiger partial charge >= 0.3 is 6.18 Å². The molecular formula is C12H13ClF4N2O. The van der Waals surface area contributed by atoms with Gasteiger partial charge in [0.25, 0.3) is 5.91 Å². The summed E-state index contributed by atoms with van der Waals surface area (Å²) in [5.41, 5.74) is -1.97. The van der Waals surface area contributed by atoms with E-state index in [9.17, 15) is 22.4 Å². The van der Waals surface area contributed by atoms with Crippen LogP contribution in [-0.4, -0.2) is 37.0 Å². The van der Waals surface area contributed by atoms with Gasteiger partial charge in [-0.25, -0.2) is 4.39 Å². The molecule has 1 saturated heterocycles. The molecule has 1 heterocycles. The van der Waals surface area contributed by atoms with E-state index in [1.807, 2.05) is 0 Å². The predicted octanol–water partition coefficient (Wildman–Crippen LogP) is 2.31. The van der Waals surface area contributed by atoms with Crippen molar-refractivity contribution in [3.05, 3.63) is 35.1 Å². The summed E-state index contributed by atoms with van der Waals surface area (Å²) in [6, 6.07) is 2.61. The molecular weight excluding hydrogens is 300 g/mol. The number of rotatable bonds is 2. The Balaban J connectivity index is 0.00000200. The molecule has 1 aromatic carbocycles. The number of likely N-dealkylation sites (N-methyl/N-ethyl adjacent to an activating group) is 1. The molecule has 0 atom stereocenters. The maximum absolute atomic E-state index is 13.8. The van der Waals surface area contributed by atoms with Crippen LogP contribution in [0.4, 0.5) is 17.6 Å². The lowest BCUT2D eigenvalue weighted by molar-refractivity contribution is -0.140. The van der Waals surface area contributed by atoms with E-state index in [2.05, 4.69) is 5.32 Å². The third-order valence-electron chi connectivity index (χ3n) is 3.16. The molecule has 0 unspecified atom stereocenters. The fraction of sp³-hybridized carbons (Fsp3) is 0.417. The van der Waals surface area contributed by atoms with Gasteiger partial charge < -0.3 is 10.2 Å². The average molecular weight is 313 g/mol. The molecule has 1 fully saturated rings. The van der Waals surface area contributed by atoms with Crippen LogP contribution in [0.15, 0.2) is 18.2 Å². The van der Waals surface area contributed by atoms with Gasteiger partial charge in [-0.2, -0.15) is 13.2 Å². The highest BCUT2D eigenvalue weighted by Crippen LogP contribution is 2.32. The fourth-order valence-electron chi connectivity index (χ4n) is 1.82. The van der Waals surface area contributed by atoms with E-state index < -0.39 is 29.0 Å². The fourth-order valence-corrected chi connectivity index (χ4v) is 1.82. The summed E-state index contributed by atoms with van der Waals surface area (Å²) in [6.07, 6.45) is -4.81. The van der Waals surface area contributed by atoms with Gasteiger partial charge in [0.1, 0.15) is 5.82 Å². The van der Waals surface area contributed by atoms with Crippen molar-refractivity contribution in [1.29, 1.82) is 0 Å². The molecule has 0 bridgehead atoms. The second-order valence-electron chi connectivity index (χ2n) is 4.39. The van der Waals surface area contributed by atoms with E-state index in [0.717, 1.165) is 12.1 Å². The second-order valence-corrected chi connectivity index (χ2v) is 4.39. The first-order valence-corrected chi connectivity index (χ1v) is 5.66. The molecule has 20 heavy (non-hydrogen) atoms. The molecule has 1 aliphatic rings. The largest absolute Gasteiger partial charge is 0.419 e. The zero-order valence-corrected chi connectivity index (χ0v) is 11.3. The Morgan fingerprint density at radius 1 is 1.35 bits per heavy atom. The van der Waals surface area contributed by atoms with E-state index in [-0.39, 0.29) is 18.4 Å². The monoisotopic (exact) mass is 312 g/mol. The van der Waals surface area contributed by atoms with Gasteiger partial charge in [-0.05, 0) is 12.1 Å². The quantitative estimate of drug-likeness (QED) is 0.850. The number of hydrogen-bond donors (Lipinski definition) is 1. The molecule has 3 nitrogen and oxygen atoms in total. The highest BCUT2D eigenvalue weighted by molar-refractivity contribution is 5.94. The molecule has 1 amide bonds. The topological polar surface area (TPSA) is 32.3 Å². The number of benzene rings is 1. The average Bonchev–Trinajstić information content (AvgIpc) is 2.24. The molecule has 8 heteroatoms. The maximum Gasteiger partial charge on any atom is 0.419 e. The van der Waals surface area contributed by atoms with Crippen molar-refractivity contribution in [2.24, 2.45) is 0 Å². The lowest BCUT2D eigenvalue weighted by atomic mass is 10.1. The number of amides is 1. The third-order valence-corrected chi connectivity index (χ3v) is 3.16. The van der Waals surface area contributed by atoms with Crippen molar-refractivity contribution in [1.82, 2.24) is 10.2 Å². The van der Waals surface area contributed by atoms with Crippen molar-refractivity contribution in [2.45, 2.75) is 12.2 Å². The van der Waals surface area contributed by atoms with Crippen molar-refractivity contribution in [3.63, 3.8) is 0 Å². The van der Waals surface area contributed by atoms with Crippen molar-refractivity contribution >= 4 is 18.3 Å². The second kappa shape index (κ2) is 5.97. The number of carbonyl (C=O) groups excluding carboxylic acids is 1. The van der Waals surface area contributed by atoms with Gasteiger partial charge in [-0.1, -0.05) is 6.07 Å². The van der Waals surface area contributed by atoms with Gasteiger partial charge in [0.15, 0.2) is 0 Å². The molecule has 1 aliphatic heterocycles. The molecule has 1 aromatic rings. The molecule has 112 valence electrons. The zero-order chi connectivity index (χ0) is 14.2. The van der Waals surface area contributed by atoms with Crippen molar-refractivity contribution in [2.75, 3.05) is 20.1 Å². The number of nitrogens with zero attached hydrogens (tertiary/aromatic N) is 1. The van der Waals surface area contributed by atoms with E-state index in [1.165, 1.54) is 11.9 Å². The number of nitrogens with one attached hydrogen (secondary N) is 1. The lowest BCUT2D eigenvalue weighted by Gasteiger charge is -2.35. The molecule has 0 radical (unpaired) electrons. The molecule has 1 N–H and O–H groups in total. The number of hydrogen-bond acceptors (Lipinski definition) is 2. The van der Waals surface area contributed by atoms with Crippen molar-refractivity contribution < 1.29 is 22.4 Å². The summed E-state index contributed by atoms with van der Waals surface area (Å²) in [5, 5.41) is 2.93. The Hall–Kier alpha value is -1.34. The predicted molar refractivity (Wildman–Crippen MR) is 67.4 cm³/mol. The highest BCUT2D eigenvalue weighted by Gasteiger charge is 2.36. The van der Waals surface area contributed by atoms with E-state index in [1.54, 1.807) is 0 Å². The Bertz CT molecular complexity index is 503. The van der Waals surface area contributed by atoms with Crippen LogP contribution < -0.4 is 5.32 Å². The van der Waals surface area contributed by atoms with E-state index >= 15 is 0 Å². The first-order valence-electron chi connectivity index (χ1n) is 5.66. The molecule has 0 aliphatic carbocycles. The van der Waals surface area contributed by atoms with Crippen LogP contribution in [0.3, 0.4) is 0 Å². The summed E-state index contributed by atoms with van der Waals surface area (Å²) < 4.78 is 51.4. The Morgan fingerprint density at radius 2 is 1.95 bits per heavy atom. The minimum atomic E-state index is -4.81. The highest BCUT2D eigenvalue weighted by atomic mass is 35.5. The van der Waals surface area contributed by atoms with Crippen LogP contribution in [0.25, 0.3) is 0 Å².